The lowest BCUT2D eigenvalue weighted by atomic mass is 10.2. The number of nitrogen functional groups attached to an aromatic ring is 1. The van der Waals surface area contributed by atoms with Gasteiger partial charge in [0, 0.05) is 11.9 Å². The molecule has 0 bridgehead atoms. The minimum atomic E-state index is -4.00. The van der Waals surface area contributed by atoms with Crippen molar-refractivity contribution in [2.24, 2.45) is 0 Å². The van der Waals surface area contributed by atoms with E-state index in [0.717, 1.165) is 6.26 Å². The molecule has 2 N–H and O–H groups in total. The fourth-order valence-electron chi connectivity index (χ4n) is 1.76. The van der Waals surface area contributed by atoms with Crippen molar-refractivity contribution >= 4 is 31.5 Å². The molecular weight excluding hydrogens is 292 g/mol. The monoisotopic (exact) mass is 304 g/mol. The zero-order chi connectivity index (χ0) is 14.4. The molecule has 0 aliphatic carbocycles. The van der Waals surface area contributed by atoms with Crippen molar-refractivity contribution < 1.29 is 21.6 Å². The number of benzene rings is 1. The second-order valence-electron chi connectivity index (χ2n) is 4.27. The number of hydrogen-bond donors (Lipinski definition) is 1. The fourth-order valence-corrected chi connectivity index (χ4v) is 4.00. The van der Waals surface area contributed by atoms with Gasteiger partial charge in [-0.05, 0) is 18.2 Å². The van der Waals surface area contributed by atoms with E-state index in [4.69, 9.17) is 5.73 Å². The second-order valence-corrected chi connectivity index (χ2v) is 8.36. The normalized spacial score (nSPS) is 17.5. The quantitative estimate of drug-likeness (QED) is 0.750. The zero-order valence-electron chi connectivity index (χ0n) is 10.0. The number of fused-ring (bicyclic) bond motifs is 1. The number of rotatable bonds is 3. The van der Waals surface area contributed by atoms with Gasteiger partial charge in [-0.2, -0.15) is 0 Å². The van der Waals surface area contributed by atoms with Crippen molar-refractivity contribution in [3.05, 3.63) is 23.8 Å². The summed E-state index contributed by atoms with van der Waals surface area (Å²) in [5.74, 6) is -1.14. The maximum Gasteiger partial charge on any atom is 0.269 e. The standard InChI is InChI=1S/C10H12N2O5S2/c1-18(14,15)5-4-12-10(13)8-3-2-7(11)6-9(8)19(12,16)17/h2-3,6H,4-5,11H2,1H3. The molecule has 0 atom stereocenters. The van der Waals surface area contributed by atoms with E-state index in [1.807, 2.05) is 0 Å². The summed E-state index contributed by atoms with van der Waals surface area (Å²) in [5, 5.41) is 0. The Bertz CT molecular complexity index is 752. The van der Waals surface area contributed by atoms with Crippen molar-refractivity contribution in [1.82, 2.24) is 4.31 Å². The molecule has 1 aliphatic heterocycles. The molecule has 1 heterocycles. The Labute approximate surface area is 111 Å². The van der Waals surface area contributed by atoms with Crippen molar-refractivity contribution in [1.29, 1.82) is 0 Å². The number of sulfone groups is 1. The molecular formula is C10H12N2O5S2. The van der Waals surface area contributed by atoms with E-state index in [1.54, 1.807) is 0 Å². The number of amides is 1. The van der Waals surface area contributed by atoms with Gasteiger partial charge in [0.15, 0.2) is 0 Å². The third kappa shape index (κ3) is 2.43. The first-order chi connectivity index (χ1) is 8.63. The van der Waals surface area contributed by atoms with Gasteiger partial charge in [0.25, 0.3) is 15.9 Å². The molecule has 0 spiro atoms. The SMILES string of the molecule is CS(=O)(=O)CCN1C(=O)c2ccc(N)cc2S1(=O)=O. The number of hydrogen-bond acceptors (Lipinski definition) is 6. The lowest BCUT2D eigenvalue weighted by Gasteiger charge is -2.13. The predicted octanol–water partition coefficient (Wildman–Crippen LogP) is -0.542. The van der Waals surface area contributed by atoms with Crippen LogP contribution in [-0.2, 0) is 19.9 Å². The molecule has 9 heteroatoms. The number of anilines is 1. The molecule has 19 heavy (non-hydrogen) atoms. The van der Waals surface area contributed by atoms with Crippen LogP contribution in [-0.4, -0.2) is 45.6 Å². The molecule has 0 unspecified atom stereocenters. The summed E-state index contributed by atoms with van der Waals surface area (Å²) in [5.41, 5.74) is 5.73. The maximum atomic E-state index is 12.1. The van der Waals surface area contributed by atoms with Crippen LogP contribution in [0.2, 0.25) is 0 Å². The van der Waals surface area contributed by atoms with Gasteiger partial charge in [0.2, 0.25) is 0 Å². The number of carbonyl (C=O) groups is 1. The molecule has 1 aliphatic rings. The van der Waals surface area contributed by atoms with Crippen molar-refractivity contribution in [2.45, 2.75) is 4.90 Å². The number of nitrogens with zero attached hydrogens (tertiary/aromatic N) is 1. The predicted molar refractivity (Wildman–Crippen MR) is 68.8 cm³/mol. The minimum Gasteiger partial charge on any atom is -0.399 e. The smallest absolute Gasteiger partial charge is 0.269 e. The van der Waals surface area contributed by atoms with Crippen LogP contribution in [0.15, 0.2) is 23.1 Å². The van der Waals surface area contributed by atoms with Crippen molar-refractivity contribution in [2.75, 3.05) is 24.3 Å². The number of carbonyl (C=O) groups excluding carboxylic acids is 1. The first-order valence-corrected chi connectivity index (χ1v) is 8.77. The summed E-state index contributed by atoms with van der Waals surface area (Å²) >= 11 is 0. The summed E-state index contributed by atoms with van der Waals surface area (Å²) in [6, 6.07) is 3.94. The van der Waals surface area contributed by atoms with E-state index in [1.165, 1.54) is 18.2 Å². The highest BCUT2D eigenvalue weighted by Crippen LogP contribution is 2.31. The third-order valence-electron chi connectivity index (χ3n) is 2.70. The minimum absolute atomic E-state index is 0.0164. The highest BCUT2D eigenvalue weighted by atomic mass is 32.2. The zero-order valence-corrected chi connectivity index (χ0v) is 11.7. The van der Waals surface area contributed by atoms with Crippen LogP contribution in [0.4, 0.5) is 5.69 Å². The first-order valence-electron chi connectivity index (χ1n) is 5.27. The van der Waals surface area contributed by atoms with Gasteiger partial charge in [-0.15, -0.1) is 0 Å². The topological polar surface area (TPSA) is 115 Å². The van der Waals surface area contributed by atoms with E-state index in [9.17, 15) is 21.6 Å². The van der Waals surface area contributed by atoms with Crippen LogP contribution >= 0.6 is 0 Å². The van der Waals surface area contributed by atoms with Crippen LogP contribution < -0.4 is 5.73 Å². The molecule has 1 aromatic rings. The average Bonchev–Trinajstić information content (AvgIpc) is 2.44. The van der Waals surface area contributed by atoms with Gasteiger partial charge in [0.05, 0.1) is 17.9 Å². The van der Waals surface area contributed by atoms with Gasteiger partial charge in [-0.1, -0.05) is 0 Å². The van der Waals surface area contributed by atoms with Crippen LogP contribution in [0.3, 0.4) is 0 Å². The van der Waals surface area contributed by atoms with Gasteiger partial charge >= 0.3 is 0 Å². The molecule has 0 aromatic heterocycles. The van der Waals surface area contributed by atoms with Gasteiger partial charge < -0.3 is 5.73 Å². The van der Waals surface area contributed by atoms with Gasteiger partial charge in [-0.25, -0.2) is 21.1 Å². The Hall–Kier alpha value is -1.61. The van der Waals surface area contributed by atoms with E-state index in [2.05, 4.69) is 0 Å². The summed E-state index contributed by atoms with van der Waals surface area (Å²) < 4.78 is 47.0. The van der Waals surface area contributed by atoms with E-state index < -0.39 is 38.1 Å². The summed E-state index contributed by atoms with van der Waals surface area (Å²) in [6.45, 7) is -0.394. The highest BCUT2D eigenvalue weighted by Gasteiger charge is 2.41. The third-order valence-corrected chi connectivity index (χ3v) is 5.44. The number of sulfonamides is 1. The van der Waals surface area contributed by atoms with Crippen LogP contribution in [0.25, 0.3) is 0 Å². The lowest BCUT2D eigenvalue weighted by molar-refractivity contribution is 0.0876. The maximum absolute atomic E-state index is 12.1. The molecule has 0 saturated heterocycles. The lowest BCUT2D eigenvalue weighted by Crippen LogP contribution is -2.34. The van der Waals surface area contributed by atoms with E-state index in [0.29, 0.717) is 4.31 Å². The molecule has 0 saturated carbocycles. The van der Waals surface area contributed by atoms with E-state index >= 15 is 0 Å². The van der Waals surface area contributed by atoms with Crippen LogP contribution in [0, 0.1) is 0 Å². The van der Waals surface area contributed by atoms with E-state index in [-0.39, 0.29) is 16.1 Å². The molecule has 2 rings (SSSR count). The van der Waals surface area contributed by atoms with Crippen molar-refractivity contribution in [3.63, 3.8) is 0 Å². The van der Waals surface area contributed by atoms with Crippen molar-refractivity contribution in [3.8, 4) is 0 Å². The fraction of sp³-hybridized carbons (Fsp3) is 0.300. The molecule has 1 amide bonds. The van der Waals surface area contributed by atoms with Crippen LogP contribution in [0.5, 0.6) is 0 Å². The average molecular weight is 304 g/mol. The molecule has 104 valence electrons. The Morgan fingerprint density at radius 3 is 2.53 bits per heavy atom. The highest BCUT2D eigenvalue weighted by molar-refractivity contribution is 7.91. The first kappa shape index (κ1) is 13.8. The second kappa shape index (κ2) is 4.20. The Morgan fingerprint density at radius 1 is 1.32 bits per heavy atom. The summed E-state index contributed by atoms with van der Waals surface area (Å²) in [4.78, 5) is 11.8. The van der Waals surface area contributed by atoms with Gasteiger partial charge in [0.1, 0.15) is 14.7 Å². The molecule has 0 fully saturated rings. The summed E-state index contributed by atoms with van der Waals surface area (Å²) in [6.07, 6.45) is 0.977. The Balaban J connectivity index is 2.44. The molecule has 7 nitrogen and oxygen atoms in total. The molecule has 1 aromatic carbocycles. The molecule has 0 radical (unpaired) electrons. The summed E-state index contributed by atoms with van der Waals surface area (Å²) in [7, 11) is -7.36. The van der Waals surface area contributed by atoms with Gasteiger partial charge in [-0.3, -0.25) is 4.79 Å². The Kier molecular flexibility index (Phi) is 3.06. The Morgan fingerprint density at radius 2 is 1.95 bits per heavy atom. The number of nitrogens with two attached hydrogens (primary N) is 1. The van der Waals surface area contributed by atoms with Crippen LogP contribution in [0.1, 0.15) is 10.4 Å². The largest absolute Gasteiger partial charge is 0.399 e.